The molecule has 1 saturated heterocycles. The highest BCUT2D eigenvalue weighted by atomic mass is 16.2. The van der Waals surface area contributed by atoms with Gasteiger partial charge in [0.25, 0.3) is 5.91 Å². The number of carbonyl (C=O) groups excluding carboxylic acids is 1. The molecule has 2 unspecified atom stereocenters. The number of aryl methyl sites for hydroxylation is 1. The molecule has 3 aromatic heterocycles. The average molecular weight is 507 g/mol. The van der Waals surface area contributed by atoms with E-state index in [1.807, 2.05) is 40.6 Å². The lowest BCUT2D eigenvalue weighted by molar-refractivity contribution is 0.0931. The van der Waals surface area contributed by atoms with Crippen LogP contribution in [0.2, 0.25) is 0 Å². The molecule has 2 fully saturated rings. The van der Waals surface area contributed by atoms with Crippen LogP contribution in [-0.2, 0) is 20.0 Å². The monoisotopic (exact) mass is 506 g/mol. The molecule has 4 aromatic rings. The van der Waals surface area contributed by atoms with E-state index in [9.17, 15) is 4.79 Å². The standard InChI is InChI=1S/C29H30N8O/c1-35-17-32-27-24(9-10-26(27)35)33-28(38)25-16-36(18-31-25)13-22-12-30-29(37-14-20-11-21(20)15-37)34-23(22)8-7-19-5-3-2-4-6-19/h2-8,12,16-18,20-21,24H,9-11,13-15H2,1H3,(H,33,38)/b8-7+/t20?,21?,24-/m1/s1. The quantitative estimate of drug-likeness (QED) is 0.412. The van der Waals surface area contributed by atoms with Gasteiger partial charge in [-0.05, 0) is 42.7 Å². The molecular formula is C29H30N8O. The van der Waals surface area contributed by atoms with E-state index in [0.717, 1.165) is 66.2 Å². The van der Waals surface area contributed by atoms with E-state index in [-0.39, 0.29) is 11.9 Å². The van der Waals surface area contributed by atoms with Crippen LogP contribution in [-0.4, -0.2) is 48.1 Å². The van der Waals surface area contributed by atoms with Gasteiger partial charge in [-0.1, -0.05) is 36.4 Å². The predicted molar refractivity (Wildman–Crippen MR) is 144 cm³/mol. The summed E-state index contributed by atoms with van der Waals surface area (Å²) in [5.41, 5.74) is 5.51. The number of carbonyl (C=O) groups is 1. The minimum atomic E-state index is -0.185. The zero-order chi connectivity index (χ0) is 25.6. The smallest absolute Gasteiger partial charge is 0.272 e. The molecule has 1 N–H and O–H groups in total. The Morgan fingerprint density at radius 2 is 1.92 bits per heavy atom. The Balaban J connectivity index is 1.10. The molecule has 0 spiro atoms. The van der Waals surface area contributed by atoms with Crippen LogP contribution in [0.4, 0.5) is 5.95 Å². The fourth-order valence-electron chi connectivity index (χ4n) is 5.75. The number of anilines is 1. The summed E-state index contributed by atoms with van der Waals surface area (Å²) in [4.78, 5) is 33.8. The maximum absolute atomic E-state index is 13.0. The van der Waals surface area contributed by atoms with Gasteiger partial charge in [-0.25, -0.2) is 19.9 Å². The number of fused-ring (bicyclic) bond motifs is 2. The van der Waals surface area contributed by atoms with Crippen LogP contribution < -0.4 is 10.2 Å². The van der Waals surface area contributed by atoms with E-state index in [1.165, 1.54) is 12.1 Å². The number of nitrogens with zero attached hydrogens (tertiary/aromatic N) is 7. The molecule has 4 heterocycles. The van der Waals surface area contributed by atoms with Crippen LogP contribution in [0.1, 0.15) is 57.6 Å². The second-order valence-corrected chi connectivity index (χ2v) is 10.7. The summed E-state index contributed by atoms with van der Waals surface area (Å²) in [6.45, 7) is 2.62. The fourth-order valence-corrected chi connectivity index (χ4v) is 5.75. The number of amides is 1. The number of hydrogen-bond acceptors (Lipinski definition) is 6. The molecule has 1 saturated carbocycles. The summed E-state index contributed by atoms with van der Waals surface area (Å²) in [5, 5.41) is 3.11. The Morgan fingerprint density at radius 3 is 2.76 bits per heavy atom. The lowest BCUT2D eigenvalue weighted by Crippen LogP contribution is -2.27. The molecular weight excluding hydrogens is 476 g/mol. The van der Waals surface area contributed by atoms with Crippen molar-refractivity contribution in [2.45, 2.75) is 31.8 Å². The van der Waals surface area contributed by atoms with Gasteiger partial charge in [-0.15, -0.1) is 0 Å². The van der Waals surface area contributed by atoms with Gasteiger partial charge in [0, 0.05) is 43.8 Å². The second kappa shape index (κ2) is 9.24. The van der Waals surface area contributed by atoms with E-state index >= 15 is 0 Å². The lowest BCUT2D eigenvalue weighted by Gasteiger charge is -2.19. The zero-order valence-electron chi connectivity index (χ0n) is 21.4. The Kier molecular flexibility index (Phi) is 5.56. The number of aromatic nitrogens is 6. The largest absolute Gasteiger partial charge is 0.342 e. The van der Waals surface area contributed by atoms with Crippen molar-refractivity contribution >= 4 is 24.0 Å². The van der Waals surface area contributed by atoms with Crippen LogP contribution in [0, 0.1) is 11.8 Å². The van der Waals surface area contributed by atoms with Crippen LogP contribution in [0.25, 0.3) is 12.2 Å². The van der Waals surface area contributed by atoms with Gasteiger partial charge in [-0.3, -0.25) is 4.79 Å². The zero-order valence-corrected chi connectivity index (χ0v) is 21.4. The third-order valence-corrected chi connectivity index (χ3v) is 8.00. The maximum atomic E-state index is 13.0. The van der Waals surface area contributed by atoms with Crippen molar-refractivity contribution in [3.8, 4) is 0 Å². The number of piperidine rings is 1. The van der Waals surface area contributed by atoms with E-state index in [2.05, 4.69) is 44.5 Å². The minimum absolute atomic E-state index is 0.0730. The van der Waals surface area contributed by atoms with E-state index in [1.54, 1.807) is 18.9 Å². The Hall–Kier alpha value is -4.27. The van der Waals surface area contributed by atoms with Crippen LogP contribution in [0.5, 0.6) is 0 Å². The number of rotatable bonds is 7. The van der Waals surface area contributed by atoms with Crippen molar-refractivity contribution < 1.29 is 4.79 Å². The van der Waals surface area contributed by atoms with Crippen molar-refractivity contribution in [2.24, 2.45) is 18.9 Å². The molecule has 1 aromatic carbocycles. The molecule has 7 rings (SSSR count). The summed E-state index contributed by atoms with van der Waals surface area (Å²) in [6.07, 6.45) is 14.5. The predicted octanol–water partition coefficient (Wildman–Crippen LogP) is 3.50. The molecule has 1 amide bonds. The third kappa shape index (κ3) is 4.38. The SMILES string of the molecule is Cn1cnc2c1CC[C@H]2NC(=O)c1cn(Cc2cnc(N3CC4CC4C3)nc2/C=C/c2ccccc2)cn1. The number of benzene rings is 1. The molecule has 0 radical (unpaired) electrons. The van der Waals surface area contributed by atoms with Crippen molar-refractivity contribution in [2.75, 3.05) is 18.0 Å². The summed E-state index contributed by atoms with van der Waals surface area (Å²) < 4.78 is 3.94. The van der Waals surface area contributed by atoms with Crippen molar-refractivity contribution in [3.05, 3.63) is 89.3 Å². The molecule has 2 aliphatic carbocycles. The first-order valence-electron chi connectivity index (χ1n) is 13.3. The first kappa shape index (κ1) is 22.9. The highest BCUT2D eigenvalue weighted by Crippen LogP contribution is 2.45. The highest BCUT2D eigenvalue weighted by molar-refractivity contribution is 5.92. The van der Waals surface area contributed by atoms with Crippen LogP contribution in [0.3, 0.4) is 0 Å². The topological polar surface area (TPSA) is 93.8 Å². The van der Waals surface area contributed by atoms with E-state index in [4.69, 9.17) is 9.97 Å². The molecule has 3 atom stereocenters. The second-order valence-electron chi connectivity index (χ2n) is 10.7. The Bertz CT molecular complexity index is 1510. The van der Waals surface area contributed by atoms with Gasteiger partial charge in [0.1, 0.15) is 5.69 Å². The van der Waals surface area contributed by atoms with Gasteiger partial charge < -0.3 is 19.4 Å². The number of imidazole rings is 2. The molecule has 3 aliphatic rings. The highest BCUT2D eigenvalue weighted by Gasteiger charge is 2.45. The fraction of sp³-hybridized carbons (Fsp3) is 0.345. The summed E-state index contributed by atoms with van der Waals surface area (Å²) in [5.74, 6) is 2.23. The Morgan fingerprint density at radius 1 is 1.08 bits per heavy atom. The molecule has 192 valence electrons. The summed E-state index contributed by atoms with van der Waals surface area (Å²) in [7, 11) is 1.99. The molecule has 9 nitrogen and oxygen atoms in total. The molecule has 38 heavy (non-hydrogen) atoms. The van der Waals surface area contributed by atoms with Crippen molar-refractivity contribution in [1.82, 2.24) is 34.4 Å². The number of nitrogens with one attached hydrogen (secondary N) is 1. The summed E-state index contributed by atoms with van der Waals surface area (Å²) >= 11 is 0. The maximum Gasteiger partial charge on any atom is 0.272 e. The first-order valence-corrected chi connectivity index (χ1v) is 13.3. The lowest BCUT2D eigenvalue weighted by atomic mass is 10.1. The van der Waals surface area contributed by atoms with Gasteiger partial charge in [0.2, 0.25) is 5.95 Å². The normalized spacial score (nSPS) is 21.6. The molecule has 0 bridgehead atoms. The van der Waals surface area contributed by atoms with Gasteiger partial charge in [-0.2, -0.15) is 0 Å². The number of hydrogen-bond donors (Lipinski definition) is 1. The van der Waals surface area contributed by atoms with Gasteiger partial charge in [0.05, 0.1) is 36.6 Å². The molecule has 9 heteroatoms. The van der Waals surface area contributed by atoms with E-state index in [0.29, 0.717) is 12.2 Å². The third-order valence-electron chi connectivity index (χ3n) is 8.00. The van der Waals surface area contributed by atoms with Crippen LogP contribution in [0.15, 0.2) is 55.4 Å². The van der Waals surface area contributed by atoms with Crippen molar-refractivity contribution in [3.63, 3.8) is 0 Å². The summed E-state index contributed by atoms with van der Waals surface area (Å²) in [6, 6.07) is 10.1. The Labute approximate surface area is 221 Å². The molecule has 1 aliphatic heterocycles. The minimum Gasteiger partial charge on any atom is -0.342 e. The average Bonchev–Trinajstić information content (AvgIpc) is 3.39. The van der Waals surface area contributed by atoms with E-state index < -0.39 is 0 Å². The van der Waals surface area contributed by atoms with Gasteiger partial charge >= 0.3 is 0 Å². The van der Waals surface area contributed by atoms with Crippen LogP contribution >= 0.6 is 0 Å². The van der Waals surface area contributed by atoms with Crippen molar-refractivity contribution in [1.29, 1.82) is 0 Å². The van der Waals surface area contributed by atoms with Gasteiger partial charge in [0.15, 0.2) is 0 Å². The first-order chi connectivity index (χ1) is 18.6.